The van der Waals surface area contributed by atoms with Crippen LogP contribution < -0.4 is 15.5 Å². The molecule has 1 fully saturated rings. The molecule has 0 aromatic heterocycles. The van der Waals surface area contributed by atoms with Gasteiger partial charge in [-0.15, -0.1) is 0 Å². The predicted molar refractivity (Wildman–Crippen MR) is 75.3 cm³/mol. The van der Waals surface area contributed by atoms with Gasteiger partial charge in [0, 0.05) is 19.5 Å². The predicted octanol–water partition coefficient (Wildman–Crippen LogP) is 2.34. The number of anilines is 2. The third-order valence-corrected chi connectivity index (χ3v) is 3.05. The van der Waals surface area contributed by atoms with Gasteiger partial charge in [0.1, 0.15) is 0 Å². The Kier molecular flexibility index (Phi) is 4.39. The first kappa shape index (κ1) is 13.4. The highest BCUT2D eigenvalue weighted by molar-refractivity contribution is 6.01. The molecule has 1 aliphatic rings. The molecule has 0 saturated carbocycles. The van der Waals surface area contributed by atoms with Crippen LogP contribution in [0.5, 0.6) is 0 Å². The molecule has 0 aliphatic carbocycles. The first-order valence-corrected chi connectivity index (χ1v) is 6.66. The van der Waals surface area contributed by atoms with Crippen molar-refractivity contribution in [1.82, 2.24) is 5.32 Å². The molecule has 0 bridgehead atoms. The van der Waals surface area contributed by atoms with Crippen molar-refractivity contribution in [3.05, 3.63) is 24.3 Å². The van der Waals surface area contributed by atoms with Crippen LogP contribution in [-0.4, -0.2) is 25.0 Å². The minimum absolute atomic E-state index is 0.114. The van der Waals surface area contributed by atoms with E-state index in [9.17, 15) is 9.59 Å². The largest absolute Gasteiger partial charge is 0.338 e. The third-order valence-electron chi connectivity index (χ3n) is 3.05. The molecule has 0 spiro atoms. The summed E-state index contributed by atoms with van der Waals surface area (Å²) < 4.78 is 0. The number of rotatable bonds is 4. The summed E-state index contributed by atoms with van der Waals surface area (Å²) in [5, 5.41) is 5.56. The molecule has 19 heavy (non-hydrogen) atoms. The molecule has 3 amide bonds. The molecule has 5 heteroatoms. The molecule has 1 aromatic rings. The lowest BCUT2D eigenvalue weighted by Gasteiger charge is -2.20. The highest BCUT2D eigenvalue weighted by Crippen LogP contribution is 2.29. The summed E-state index contributed by atoms with van der Waals surface area (Å²) in [6.45, 7) is 3.35. The van der Waals surface area contributed by atoms with Gasteiger partial charge in [0.05, 0.1) is 11.4 Å². The molecule has 2 N–H and O–H groups in total. The lowest BCUT2D eigenvalue weighted by Crippen LogP contribution is -2.31. The van der Waals surface area contributed by atoms with E-state index in [2.05, 4.69) is 10.6 Å². The van der Waals surface area contributed by atoms with Crippen molar-refractivity contribution in [2.24, 2.45) is 0 Å². The number of benzene rings is 1. The van der Waals surface area contributed by atoms with Crippen LogP contribution in [-0.2, 0) is 4.79 Å². The normalized spacial score (nSPS) is 14.6. The average Bonchev–Trinajstić information content (AvgIpc) is 2.83. The summed E-state index contributed by atoms with van der Waals surface area (Å²) in [5.74, 6) is 0.114. The zero-order valence-corrected chi connectivity index (χ0v) is 11.1. The highest BCUT2D eigenvalue weighted by Gasteiger charge is 2.23. The zero-order valence-electron chi connectivity index (χ0n) is 11.1. The first-order chi connectivity index (χ1) is 9.22. The highest BCUT2D eigenvalue weighted by atomic mass is 16.2. The summed E-state index contributed by atoms with van der Waals surface area (Å²) >= 11 is 0. The number of carbonyl (C=O) groups excluding carboxylic acids is 2. The fourth-order valence-electron chi connectivity index (χ4n) is 2.12. The Balaban J connectivity index is 2.12. The maximum Gasteiger partial charge on any atom is 0.319 e. The van der Waals surface area contributed by atoms with Gasteiger partial charge in [-0.05, 0) is 25.0 Å². The number of amides is 3. The van der Waals surface area contributed by atoms with E-state index in [1.807, 2.05) is 31.2 Å². The van der Waals surface area contributed by atoms with Crippen molar-refractivity contribution in [2.75, 3.05) is 23.3 Å². The molecule has 2 rings (SSSR count). The number of urea groups is 1. The molecule has 1 aromatic carbocycles. The van der Waals surface area contributed by atoms with E-state index in [1.165, 1.54) is 0 Å². The van der Waals surface area contributed by atoms with Gasteiger partial charge in [-0.2, -0.15) is 0 Å². The van der Waals surface area contributed by atoms with Crippen LogP contribution in [0.3, 0.4) is 0 Å². The van der Waals surface area contributed by atoms with Crippen LogP contribution in [0, 0.1) is 0 Å². The number of hydrogen-bond acceptors (Lipinski definition) is 2. The van der Waals surface area contributed by atoms with Crippen LogP contribution in [0.4, 0.5) is 16.2 Å². The van der Waals surface area contributed by atoms with Gasteiger partial charge in [0.25, 0.3) is 0 Å². The van der Waals surface area contributed by atoms with Gasteiger partial charge >= 0.3 is 6.03 Å². The van der Waals surface area contributed by atoms with Gasteiger partial charge in [-0.3, -0.25) is 4.79 Å². The van der Waals surface area contributed by atoms with Crippen LogP contribution in [0.15, 0.2) is 24.3 Å². The monoisotopic (exact) mass is 261 g/mol. The second-order valence-electron chi connectivity index (χ2n) is 4.55. The molecular formula is C14H19N3O2. The van der Waals surface area contributed by atoms with E-state index in [0.29, 0.717) is 25.2 Å². The lowest BCUT2D eigenvalue weighted by molar-refractivity contribution is -0.117. The Morgan fingerprint density at radius 1 is 1.37 bits per heavy atom. The minimum atomic E-state index is -0.235. The van der Waals surface area contributed by atoms with Crippen molar-refractivity contribution in [3.63, 3.8) is 0 Å². The van der Waals surface area contributed by atoms with Crippen molar-refractivity contribution >= 4 is 23.3 Å². The maximum atomic E-state index is 11.8. The van der Waals surface area contributed by atoms with E-state index in [4.69, 9.17) is 0 Å². The quantitative estimate of drug-likeness (QED) is 0.874. The lowest BCUT2D eigenvalue weighted by atomic mass is 10.2. The van der Waals surface area contributed by atoms with Gasteiger partial charge in [-0.25, -0.2) is 4.79 Å². The second kappa shape index (κ2) is 6.22. The molecule has 102 valence electrons. The zero-order chi connectivity index (χ0) is 13.7. The topological polar surface area (TPSA) is 61.4 Å². The van der Waals surface area contributed by atoms with Crippen LogP contribution in [0.25, 0.3) is 0 Å². The number of carbonyl (C=O) groups is 2. The number of para-hydroxylation sites is 2. The third kappa shape index (κ3) is 3.24. The smallest absolute Gasteiger partial charge is 0.319 e. The number of nitrogens with one attached hydrogen (secondary N) is 2. The molecule has 0 radical (unpaired) electrons. The standard InChI is InChI=1S/C14H19N3O2/c1-2-9-15-14(19)16-11-6-3-4-7-12(11)17-10-5-8-13(17)18/h3-4,6-7H,2,5,8-10H2,1H3,(H2,15,16,19). The van der Waals surface area contributed by atoms with E-state index < -0.39 is 0 Å². The molecule has 1 saturated heterocycles. The molecular weight excluding hydrogens is 242 g/mol. The first-order valence-electron chi connectivity index (χ1n) is 6.66. The van der Waals surface area contributed by atoms with Crippen molar-refractivity contribution < 1.29 is 9.59 Å². The van der Waals surface area contributed by atoms with Gasteiger partial charge < -0.3 is 15.5 Å². The number of hydrogen-bond donors (Lipinski definition) is 2. The summed E-state index contributed by atoms with van der Waals surface area (Å²) in [6.07, 6.45) is 2.34. The van der Waals surface area contributed by atoms with Gasteiger partial charge in [0.2, 0.25) is 5.91 Å². The Hall–Kier alpha value is -2.04. The molecule has 1 heterocycles. The summed E-state index contributed by atoms with van der Waals surface area (Å²) in [6, 6.07) is 7.15. The Morgan fingerprint density at radius 2 is 2.16 bits per heavy atom. The van der Waals surface area contributed by atoms with Crippen molar-refractivity contribution in [1.29, 1.82) is 0 Å². The fourth-order valence-corrected chi connectivity index (χ4v) is 2.12. The molecule has 0 atom stereocenters. The average molecular weight is 261 g/mol. The molecule has 0 unspecified atom stereocenters. The molecule has 5 nitrogen and oxygen atoms in total. The second-order valence-corrected chi connectivity index (χ2v) is 4.55. The minimum Gasteiger partial charge on any atom is -0.338 e. The van der Waals surface area contributed by atoms with Crippen molar-refractivity contribution in [3.8, 4) is 0 Å². The van der Waals surface area contributed by atoms with E-state index in [-0.39, 0.29) is 11.9 Å². The molecule has 1 aliphatic heterocycles. The Labute approximate surface area is 113 Å². The van der Waals surface area contributed by atoms with Gasteiger partial charge in [-0.1, -0.05) is 19.1 Å². The SMILES string of the molecule is CCCNC(=O)Nc1ccccc1N1CCCC1=O. The van der Waals surface area contributed by atoms with E-state index >= 15 is 0 Å². The van der Waals surface area contributed by atoms with E-state index in [0.717, 1.165) is 18.5 Å². The van der Waals surface area contributed by atoms with Crippen LogP contribution >= 0.6 is 0 Å². The van der Waals surface area contributed by atoms with Crippen LogP contribution in [0.2, 0.25) is 0 Å². The van der Waals surface area contributed by atoms with Crippen molar-refractivity contribution in [2.45, 2.75) is 26.2 Å². The summed E-state index contributed by atoms with van der Waals surface area (Å²) in [7, 11) is 0. The Morgan fingerprint density at radius 3 is 2.84 bits per heavy atom. The van der Waals surface area contributed by atoms with Crippen LogP contribution in [0.1, 0.15) is 26.2 Å². The summed E-state index contributed by atoms with van der Waals surface area (Å²) in [4.78, 5) is 25.2. The number of nitrogens with zero attached hydrogens (tertiary/aromatic N) is 1. The summed E-state index contributed by atoms with van der Waals surface area (Å²) in [5.41, 5.74) is 1.45. The fraction of sp³-hybridized carbons (Fsp3) is 0.429. The van der Waals surface area contributed by atoms with E-state index in [1.54, 1.807) is 4.90 Å². The Bertz CT molecular complexity index is 474. The maximum absolute atomic E-state index is 11.8. The van der Waals surface area contributed by atoms with Gasteiger partial charge in [0.15, 0.2) is 0 Å².